The van der Waals surface area contributed by atoms with Crippen molar-refractivity contribution in [3.63, 3.8) is 0 Å². The summed E-state index contributed by atoms with van der Waals surface area (Å²) in [6, 6.07) is 8.43. The zero-order valence-electron chi connectivity index (χ0n) is 15.2. The fraction of sp³-hybridized carbons (Fsp3) is 0.211. The predicted molar refractivity (Wildman–Crippen MR) is 101 cm³/mol. The lowest BCUT2D eigenvalue weighted by molar-refractivity contribution is -0.154. The van der Waals surface area contributed by atoms with E-state index in [1.165, 1.54) is 6.07 Å². The molecular weight excluding hydrogens is 409 g/mol. The summed E-state index contributed by atoms with van der Waals surface area (Å²) in [6.07, 6.45) is 0.194. The summed E-state index contributed by atoms with van der Waals surface area (Å²) in [6.45, 7) is 1.04. The third-order valence-electron chi connectivity index (χ3n) is 3.93. The van der Waals surface area contributed by atoms with Crippen LogP contribution in [-0.2, 0) is 6.54 Å². The van der Waals surface area contributed by atoms with Gasteiger partial charge in [-0.3, -0.25) is 4.79 Å². The van der Waals surface area contributed by atoms with Gasteiger partial charge in [-0.05, 0) is 30.7 Å². The van der Waals surface area contributed by atoms with Gasteiger partial charge in [0.2, 0.25) is 5.88 Å². The molecule has 3 aromatic rings. The molecular formula is C19H16ClF3N4O2. The number of anilines is 1. The molecule has 0 spiro atoms. The number of hydrogen-bond donors (Lipinski definition) is 1. The molecule has 0 unspecified atom stereocenters. The zero-order chi connectivity index (χ0) is 21.0. The van der Waals surface area contributed by atoms with Crippen LogP contribution in [0.1, 0.15) is 21.7 Å². The number of rotatable bonds is 6. The van der Waals surface area contributed by atoms with Crippen LogP contribution in [0, 0.1) is 6.92 Å². The zero-order valence-corrected chi connectivity index (χ0v) is 16.0. The minimum Gasteiger partial charge on any atom is -0.467 e. The molecule has 6 nitrogen and oxygen atoms in total. The second-order valence-electron chi connectivity index (χ2n) is 6.17. The predicted octanol–water partition coefficient (Wildman–Crippen LogP) is 4.48. The molecule has 0 saturated carbocycles. The number of nitrogens with zero attached hydrogens (tertiary/aromatic N) is 3. The molecule has 152 valence electrons. The lowest BCUT2D eigenvalue weighted by atomic mass is 10.2. The lowest BCUT2D eigenvalue weighted by Crippen LogP contribution is -2.20. The molecule has 1 amide bonds. The first-order chi connectivity index (χ1) is 13.7. The van der Waals surface area contributed by atoms with Crippen molar-refractivity contribution >= 4 is 23.2 Å². The van der Waals surface area contributed by atoms with E-state index in [1.807, 2.05) is 29.8 Å². The number of amides is 1. The van der Waals surface area contributed by atoms with E-state index in [0.717, 1.165) is 17.6 Å². The summed E-state index contributed by atoms with van der Waals surface area (Å²) in [4.78, 5) is 20.2. The number of benzene rings is 1. The fourth-order valence-corrected chi connectivity index (χ4v) is 2.69. The monoisotopic (exact) mass is 424 g/mol. The Balaban J connectivity index is 1.62. The van der Waals surface area contributed by atoms with E-state index in [2.05, 4.69) is 20.0 Å². The van der Waals surface area contributed by atoms with E-state index in [9.17, 15) is 18.0 Å². The van der Waals surface area contributed by atoms with Gasteiger partial charge in [-0.25, -0.2) is 9.97 Å². The molecule has 1 N–H and O–H groups in total. The summed E-state index contributed by atoms with van der Waals surface area (Å²) in [5.74, 6) is 0.00841. The molecule has 0 radical (unpaired) electrons. The second-order valence-corrected chi connectivity index (χ2v) is 6.58. The van der Waals surface area contributed by atoms with Gasteiger partial charge < -0.3 is 14.6 Å². The van der Waals surface area contributed by atoms with Crippen LogP contribution in [0.5, 0.6) is 5.88 Å². The molecule has 0 fully saturated rings. The standard InChI is InChI=1S/C19H16ClF3N4O2/c1-12-24-6-7-27(12)10-13-2-4-15(5-3-13)26-17(28)14-8-16(20)18(25-9-14)29-11-19(21,22)23/h2-9H,10-11H2,1H3,(H,26,28). The number of nitrogens with one attached hydrogen (secondary N) is 1. The summed E-state index contributed by atoms with van der Waals surface area (Å²) < 4.78 is 43.1. The van der Waals surface area contributed by atoms with E-state index in [0.29, 0.717) is 12.2 Å². The SMILES string of the molecule is Cc1nccn1Cc1ccc(NC(=O)c2cnc(OCC(F)(F)F)c(Cl)c2)cc1. The molecule has 0 bridgehead atoms. The fourth-order valence-electron chi connectivity index (χ4n) is 2.47. The minimum atomic E-state index is -4.51. The van der Waals surface area contributed by atoms with Gasteiger partial charge >= 0.3 is 6.18 Å². The molecule has 0 aliphatic carbocycles. The number of alkyl halides is 3. The molecule has 0 atom stereocenters. The van der Waals surface area contributed by atoms with Crippen molar-refractivity contribution in [2.45, 2.75) is 19.6 Å². The maximum Gasteiger partial charge on any atom is 0.422 e. The highest BCUT2D eigenvalue weighted by atomic mass is 35.5. The number of carbonyl (C=O) groups is 1. The van der Waals surface area contributed by atoms with Gasteiger partial charge in [0.05, 0.1) is 5.56 Å². The van der Waals surface area contributed by atoms with Crippen LogP contribution in [-0.4, -0.2) is 33.2 Å². The Bertz CT molecular complexity index is 1000. The number of ether oxygens (including phenoxy) is 1. The van der Waals surface area contributed by atoms with E-state index in [4.69, 9.17) is 11.6 Å². The molecule has 0 saturated heterocycles. The van der Waals surface area contributed by atoms with Crippen molar-refractivity contribution in [1.82, 2.24) is 14.5 Å². The van der Waals surface area contributed by atoms with Crippen LogP contribution in [0.25, 0.3) is 0 Å². The summed E-state index contributed by atoms with van der Waals surface area (Å²) in [7, 11) is 0. The van der Waals surface area contributed by atoms with Crippen molar-refractivity contribution in [2.24, 2.45) is 0 Å². The summed E-state index contributed by atoms with van der Waals surface area (Å²) in [5.41, 5.74) is 1.67. The highest BCUT2D eigenvalue weighted by Gasteiger charge is 2.29. The number of halogens is 4. The normalized spacial score (nSPS) is 11.3. The van der Waals surface area contributed by atoms with Crippen LogP contribution >= 0.6 is 11.6 Å². The Morgan fingerprint density at radius 3 is 2.55 bits per heavy atom. The van der Waals surface area contributed by atoms with E-state index >= 15 is 0 Å². The third kappa shape index (κ3) is 5.71. The first kappa shape index (κ1) is 20.7. The minimum absolute atomic E-state index is 0.0903. The van der Waals surface area contributed by atoms with Gasteiger partial charge in [0.1, 0.15) is 10.8 Å². The maximum absolute atomic E-state index is 12.3. The van der Waals surface area contributed by atoms with Crippen LogP contribution in [0.3, 0.4) is 0 Å². The summed E-state index contributed by atoms with van der Waals surface area (Å²) in [5, 5.41) is 2.49. The van der Waals surface area contributed by atoms with E-state index in [1.54, 1.807) is 18.3 Å². The molecule has 10 heteroatoms. The van der Waals surface area contributed by atoms with Crippen LogP contribution < -0.4 is 10.1 Å². The number of hydrogen-bond acceptors (Lipinski definition) is 4. The van der Waals surface area contributed by atoms with E-state index in [-0.39, 0.29) is 16.5 Å². The van der Waals surface area contributed by atoms with E-state index < -0.39 is 18.7 Å². The number of aryl methyl sites for hydroxylation is 1. The molecule has 3 rings (SSSR count). The molecule has 2 aromatic heterocycles. The van der Waals surface area contributed by atoms with Crippen molar-refractivity contribution in [1.29, 1.82) is 0 Å². The first-order valence-corrected chi connectivity index (χ1v) is 8.82. The molecule has 2 heterocycles. The Kier molecular flexibility index (Phi) is 6.07. The van der Waals surface area contributed by atoms with Crippen molar-refractivity contribution in [3.05, 3.63) is 70.9 Å². The van der Waals surface area contributed by atoms with Crippen LogP contribution in [0.4, 0.5) is 18.9 Å². The third-order valence-corrected chi connectivity index (χ3v) is 4.20. The van der Waals surface area contributed by atoms with Gasteiger partial charge in [-0.15, -0.1) is 0 Å². The lowest BCUT2D eigenvalue weighted by Gasteiger charge is -2.11. The molecule has 1 aromatic carbocycles. The van der Waals surface area contributed by atoms with Crippen molar-refractivity contribution in [2.75, 3.05) is 11.9 Å². The number of carbonyl (C=O) groups excluding carboxylic acids is 1. The topological polar surface area (TPSA) is 69.0 Å². The molecule has 0 aliphatic rings. The number of aromatic nitrogens is 3. The van der Waals surface area contributed by atoms with Gasteiger partial charge in [-0.2, -0.15) is 13.2 Å². The second kappa shape index (κ2) is 8.52. The first-order valence-electron chi connectivity index (χ1n) is 8.44. The van der Waals surface area contributed by atoms with Gasteiger partial charge in [0.25, 0.3) is 5.91 Å². The average Bonchev–Trinajstić information content (AvgIpc) is 3.06. The maximum atomic E-state index is 12.3. The largest absolute Gasteiger partial charge is 0.467 e. The highest BCUT2D eigenvalue weighted by Crippen LogP contribution is 2.25. The summed E-state index contributed by atoms with van der Waals surface area (Å²) >= 11 is 5.86. The van der Waals surface area contributed by atoms with Crippen molar-refractivity contribution < 1.29 is 22.7 Å². The Hall–Kier alpha value is -3.07. The number of imidazole rings is 1. The Morgan fingerprint density at radius 2 is 1.97 bits per heavy atom. The van der Waals surface area contributed by atoms with Crippen molar-refractivity contribution in [3.8, 4) is 5.88 Å². The quantitative estimate of drug-likeness (QED) is 0.633. The average molecular weight is 425 g/mol. The van der Waals surface area contributed by atoms with Crippen LogP contribution in [0.15, 0.2) is 48.9 Å². The van der Waals surface area contributed by atoms with Gasteiger partial charge in [-0.1, -0.05) is 23.7 Å². The Labute approximate surface area is 169 Å². The number of pyridine rings is 1. The highest BCUT2D eigenvalue weighted by molar-refractivity contribution is 6.32. The van der Waals surface area contributed by atoms with Crippen LogP contribution in [0.2, 0.25) is 5.02 Å². The molecule has 0 aliphatic heterocycles. The smallest absolute Gasteiger partial charge is 0.422 e. The van der Waals surface area contributed by atoms with Gasteiger partial charge in [0.15, 0.2) is 6.61 Å². The Morgan fingerprint density at radius 1 is 1.24 bits per heavy atom. The molecule has 29 heavy (non-hydrogen) atoms. The van der Waals surface area contributed by atoms with Gasteiger partial charge in [0, 0.05) is 30.8 Å².